The molecule has 2 aromatic carbocycles. The predicted octanol–water partition coefficient (Wildman–Crippen LogP) is 2.04. The Kier molecular flexibility index (Phi) is 6.43. The zero-order chi connectivity index (χ0) is 18.5. The van der Waals surface area contributed by atoms with Crippen molar-refractivity contribution in [3.63, 3.8) is 0 Å². The molecule has 0 spiro atoms. The average molecular weight is 423 g/mol. The Morgan fingerprint density at radius 2 is 1.93 bits per heavy atom. The first-order valence-electron chi connectivity index (χ1n) is 8.91. The van der Waals surface area contributed by atoms with E-state index in [1.54, 1.807) is 17.9 Å². The predicted molar refractivity (Wildman–Crippen MR) is 113 cm³/mol. The molecule has 0 radical (unpaired) electrons. The molecule has 3 heterocycles. The molecule has 6 nitrogen and oxygen atoms in total. The van der Waals surface area contributed by atoms with Gasteiger partial charge in [0.05, 0.1) is 15.9 Å². The van der Waals surface area contributed by atoms with Crippen LogP contribution in [0.25, 0.3) is 21.8 Å². The summed E-state index contributed by atoms with van der Waals surface area (Å²) in [5.41, 5.74) is 2.90. The van der Waals surface area contributed by atoms with Gasteiger partial charge in [-0.25, -0.2) is 4.39 Å². The van der Waals surface area contributed by atoms with Gasteiger partial charge in [-0.15, -0.1) is 0 Å². The molecule has 5 rings (SSSR count). The van der Waals surface area contributed by atoms with Crippen molar-refractivity contribution in [3.8, 4) is 0 Å². The van der Waals surface area contributed by atoms with Crippen molar-refractivity contribution in [2.24, 2.45) is 7.05 Å². The summed E-state index contributed by atoms with van der Waals surface area (Å²) in [4.78, 5) is 2.32. The van der Waals surface area contributed by atoms with Gasteiger partial charge in [-0.2, -0.15) is 10.2 Å². The maximum absolute atomic E-state index is 14.3. The number of hydrogen-bond donors (Lipinski definition) is 2. The number of fused-ring (bicyclic) bond motifs is 2. The third kappa shape index (κ3) is 3.97. The number of rotatable bonds is 3. The van der Waals surface area contributed by atoms with Crippen LogP contribution in [0.1, 0.15) is 12.8 Å². The van der Waals surface area contributed by atoms with Crippen molar-refractivity contribution in [1.29, 1.82) is 0 Å². The minimum atomic E-state index is -0.377. The van der Waals surface area contributed by atoms with Crippen molar-refractivity contribution >= 4 is 50.6 Å². The first-order valence-corrected chi connectivity index (χ1v) is 9.29. The molecule has 0 amide bonds. The van der Waals surface area contributed by atoms with E-state index in [9.17, 15) is 4.39 Å². The zero-order valence-electron chi connectivity index (χ0n) is 16.8. The van der Waals surface area contributed by atoms with Crippen LogP contribution in [0.4, 0.5) is 21.6 Å². The Balaban J connectivity index is 0.00000120. The fourth-order valence-electron chi connectivity index (χ4n) is 3.76. The molecule has 1 fully saturated rings. The van der Waals surface area contributed by atoms with E-state index in [4.69, 9.17) is 11.6 Å². The standard InChI is InChI=1S/C19H18ClFN6.CH3.Na/c1-26-10-11-6-12(7-15(21)18(11)25-26)22-19-17-14(20)8-13(9-16(17)23-24-19)27-4-2-3-5-27;;/h6-10H,2-5H2,1H3,(H2,22,23,24);1H3;/q;-1;+1. The number of benzene rings is 2. The number of aromatic nitrogens is 4. The van der Waals surface area contributed by atoms with Crippen molar-refractivity contribution in [2.75, 3.05) is 23.3 Å². The second-order valence-corrected chi connectivity index (χ2v) is 7.35. The van der Waals surface area contributed by atoms with Crippen LogP contribution in [0.2, 0.25) is 5.02 Å². The summed E-state index contributed by atoms with van der Waals surface area (Å²) in [5.74, 6) is 0.198. The molecule has 0 bridgehead atoms. The number of nitrogens with one attached hydrogen (secondary N) is 2. The zero-order valence-corrected chi connectivity index (χ0v) is 19.5. The SMILES string of the molecule is Cn1cc2cc(Nc3n[nH]c4cc(N5CCCC5)cc(Cl)c34)cc(F)c2n1.[CH3-].[Na+]. The molecular formula is C20H21ClFN6Na. The summed E-state index contributed by atoms with van der Waals surface area (Å²) < 4.78 is 15.9. The molecule has 2 N–H and O–H groups in total. The van der Waals surface area contributed by atoms with E-state index < -0.39 is 0 Å². The van der Waals surface area contributed by atoms with Crippen molar-refractivity contribution in [1.82, 2.24) is 20.0 Å². The van der Waals surface area contributed by atoms with E-state index in [-0.39, 0.29) is 42.8 Å². The van der Waals surface area contributed by atoms with Crippen LogP contribution < -0.4 is 39.8 Å². The fraction of sp³-hybridized carbons (Fsp3) is 0.250. The number of aromatic amines is 1. The van der Waals surface area contributed by atoms with Crippen molar-refractivity contribution in [3.05, 3.63) is 48.7 Å². The summed E-state index contributed by atoms with van der Waals surface area (Å²) >= 11 is 6.57. The number of aryl methyl sites for hydroxylation is 1. The molecule has 1 aliphatic rings. The first-order chi connectivity index (χ1) is 13.1. The van der Waals surface area contributed by atoms with E-state index in [2.05, 4.69) is 31.6 Å². The number of anilines is 3. The average Bonchev–Trinajstić information content (AvgIpc) is 3.34. The molecule has 1 aliphatic heterocycles. The molecule has 146 valence electrons. The molecule has 0 saturated carbocycles. The van der Waals surface area contributed by atoms with Gasteiger partial charge in [0.15, 0.2) is 11.6 Å². The van der Waals surface area contributed by atoms with E-state index >= 15 is 0 Å². The molecule has 2 aromatic heterocycles. The molecule has 1 saturated heterocycles. The molecule has 0 aliphatic carbocycles. The van der Waals surface area contributed by atoms with Crippen molar-refractivity contribution in [2.45, 2.75) is 12.8 Å². The van der Waals surface area contributed by atoms with Crippen LogP contribution in [-0.4, -0.2) is 33.1 Å². The largest absolute Gasteiger partial charge is 1.00 e. The number of nitrogens with zero attached hydrogens (tertiary/aromatic N) is 4. The summed E-state index contributed by atoms with van der Waals surface area (Å²) in [7, 11) is 1.77. The second-order valence-electron chi connectivity index (χ2n) is 6.94. The van der Waals surface area contributed by atoms with Gasteiger partial charge in [0.25, 0.3) is 0 Å². The Labute approximate surface area is 195 Å². The Hall–Kier alpha value is -1.80. The number of hydrogen-bond acceptors (Lipinski definition) is 4. The van der Waals surface area contributed by atoms with Gasteiger partial charge >= 0.3 is 29.6 Å². The number of H-pyrrole nitrogens is 1. The normalized spacial score (nSPS) is 13.6. The minimum Gasteiger partial charge on any atom is -0.371 e. The Morgan fingerprint density at radius 3 is 2.69 bits per heavy atom. The fourth-order valence-corrected chi connectivity index (χ4v) is 4.07. The van der Waals surface area contributed by atoms with Gasteiger partial charge in [-0.05, 0) is 37.1 Å². The van der Waals surface area contributed by atoms with Gasteiger partial charge in [0.1, 0.15) is 5.52 Å². The smallest absolute Gasteiger partial charge is 0.371 e. The van der Waals surface area contributed by atoms with Crippen LogP contribution in [0.15, 0.2) is 30.5 Å². The van der Waals surface area contributed by atoms with Crippen LogP contribution in [-0.2, 0) is 7.05 Å². The Bertz CT molecular complexity index is 1160. The molecule has 0 atom stereocenters. The Morgan fingerprint density at radius 1 is 1.17 bits per heavy atom. The van der Waals surface area contributed by atoms with Gasteiger partial charge in [-0.3, -0.25) is 9.78 Å². The second kappa shape index (κ2) is 8.52. The van der Waals surface area contributed by atoms with Crippen LogP contribution in [0.5, 0.6) is 0 Å². The topological polar surface area (TPSA) is 61.8 Å². The third-order valence-corrected chi connectivity index (χ3v) is 5.31. The third-order valence-electron chi connectivity index (χ3n) is 5.01. The summed E-state index contributed by atoms with van der Waals surface area (Å²) in [6.07, 6.45) is 4.18. The quantitative estimate of drug-likeness (QED) is 0.392. The molecule has 0 unspecified atom stereocenters. The van der Waals surface area contributed by atoms with Gasteiger partial charge in [0, 0.05) is 43.1 Å². The molecule has 29 heavy (non-hydrogen) atoms. The molecule has 9 heteroatoms. The van der Waals surface area contributed by atoms with Crippen LogP contribution >= 0.6 is 11.6 Å². The van der Waals surface area contributed by atoms with Crippen LogP contribution in [0.3, 0.4) is 0 Å². The van der Waals surface area contributed by atoms with E-state index in [0.717, 1.165) is 35.1 Å². The van der Waals surface area contributed by atoms with E-state index in [1.165, 1.54) is 18.9 Å². The molecule has 4 aromatic rings. The summed E-state index contributed by atoms with van der Waals surface area (Å²) in [6.45, 7) is 2.09. The van der Waals surface area contributed by atoms with E-state index in [1.807, 2.05) is 12.1 Å². The number of halogens is 2. The van der Waals surface area contributed by atoms with Gasteiger partial charge < -0.3 is 17.6 Å². The monoisotopic (exact) mass is 422 g/mol. The summed E-state index contributed by atoms with van der Waals surface area (Å²) in [5, 5.41) is 16.8. The van der Waals surface area contributed by atoms with Gasteiger partial charge in [0.2, 0.25) is 0 Å². The maximum Gasteiger partial charge on any atom is 1.00 e. The van der Waals surface area contributed by atoms with Crippen LogP contribution in [0, 0.1) is 13.2 Å². The maximum atomic E-state index is 14.3. The molecular weight excluding hydrogens is 402 g/mol. The van der Waals surface area contributed by atoms with Gasteiger partial charge in [-0.1, -0.05) is 11.6 Å². The van der Waals surface area contributed by atoms with E-state index in [0.29, 0.717) is 22.0 Å². The first kappa shape index (κ1) is 21.9. The van der Waals surface area contributed by atoms with Crippen molar-refractivity contribution < 1.29 is 33.9 Å². The minimum absolute atomic E-state index is 0. The summed E-state index contributed by atoms with van der Waals surface area (Å²) in [6, 6.07) is 7.30.